The summed E-state index contributed by atoms with van der Waals surface area (Å²) in [5.41, 5.74) is 2.11. The summed E-state index contributed by atoms with van der Waals surface area (Å²) in [5, 5.41) is 5.62. The predicted octanol–water partition coefficient (Wildman–Crippen LogP) is 4.44. The smallest absolute Gasteiger partial charge is 0.133 e. The van der Waals surface area contributed by atoms with Crippen molar-refractivity contribution in [2.75, 3.05) is 5.32 Å². The molecular weight excluding hydrogens is 302 g/mol. The average molecular weight is 314 g/mol. The summed E-state index contributed by atoms with van der Waals surface area (Å²) in [7, 11) is 0. The number of nitrogens with one attached hydrogen (secondary N) is 1. The first-order valence-electron chi connectivity index (χ1n) is 5.96. The summed E-state index contributed by atoms with van der Waals surface area (Å²) in [6.07, 6.45) is 5.46. The van der Waals surface area contributed by atoms with Crippen molar-refractivity contribution >= 4 is 38.2 Å². The van der Waals surface area contributed by atoms with Crippen LogP contribution in [0.1, 0.15) is 5.56 Å². The first-order chi connectivity index (χ1) is 9.24. The molecule has 0 saturated heterocycles. The number of hydrogen-bond donors (Lipinski definition) is 1. The zero-order chi connectivity index (χ0) is 13.2. The van der Waals surface area contributed by atoms with Crippen LogP contribution in [0.5, 0.6) is 0 Å². The molecule has 19 heavy (non-hydrogen) atoms. The fourth-order valence-corrected chi connectivity index (χ4v) is 2.47. The van der Waals surface area contributed by atoms with Gasteiger partial charge in [0.2, 0.25) is 0 Å². The van der Waals surface area contributed by atoms with Crippen molar-refractivity contribution in [1.29, 1.82) is 0 Å². The highest BCUT2D eigenvalue weighted by Gasteiger charge is 2.04. The number of fused-ring (bicyclic) bond motifs is 1. The van der Waals surface area contributed by atoms with E-state index in [1.807, 2.05) is 37.4 Å². The SMILES string of the molecule is Cc1cc(Br)cnc1Nc1cccc2ccncc12. The maximum Gasteiger partial charge on any atom is 0.133 e. The van der Waals surface area contributed by atoms with Crippen molar-refractivity contribution in [3.05, 3.63) is 59.0 Å². The Morgan fingerprint density at radius 1 is 1.16 bits per heavy atom. The number of aryl methyl sites for hydroxylation is 1. The van der Waals surface area contributed by atoms with Gasteiger partial charge < -0.3 is 5.32 Å². The Balaban J connectivity index is 2.06. The molecule has 0 aliphatic heterocycles. The van der Waals surface area contributed by atoms with Gasteiger partial charge in [0, 0.05) is 34.1 Å². The van der Waals surface area contributed by atoms with E-state index in [1.165, 1.54) is 0 Å². The summed E-state index contributed by atoms with van der Waals surface area (Å²) < 4.78 is 0.982. The lowest BCUT2D eigenvalue weighted by molar-refractivity contribution is 1.24. The van der Waals surface area contributed by atoms with Gasteiger partial charge in [-0.25, -0.2) is 4.98 Å². The zero-order valence-corrected chi connectivity index (χ0v) is 12.0. The topological polar surface area (TPSA) is 37.8 Å². The lowest BCUT2D eigenvalue weighted by Gasteiger charge is -2.11. The van der Waals surface area contributed by atoms with Crippen LogP contribution in [0.2, 0.25) is 0 Å². The number of benzene rings is 1. The predicted molar refractivity (Wildman–Crippen MR) is 81.7 cm³/mol. The van der Waals surface area contributed by atoms with Crippen LogP contribution in [0, 0.1) is 6.92 Å². The molecule has 3 nitrogen and oxygen atoms in total. The zero-order valence-electron chi connectivity index (χ0n) is 10.4. The van der Waals surface area contributed by atoms with Gasteiger partial charge in [0.1, 0.15) is 5.82 Å². The molecule has 0 radical (unpaired) electrons. The van der Waals surface area contributed by atoms with Gasteiger partial charge in [0.15, 0.2) is 0 Å². The lowest BCUT2D eigenvalue weighted by Crippen LogP contribution is -1.97. The van der Waals surface area contributed by atoms with Crippen LogP contribution < -0.4 is 5.32 Å². The third-order valence-corrected chi connectivity index (χ3v) is 3.42. The number of aromatic nitrogens is 2. The molecule has 0 aliphatic rings. The third-order valence-electron chi connectivity index (χ3n) is 2.98. The molecule has 0 bridgehead atoms. The molecule has 0 amide bonds. The fraction of sp³-hybridized carbons (Fsp3) is 0.0667. The van der Waals surface area contributed by atoms with E-state index in [2.05, 4.69) is 37.3 Å². The molecule has 0 unspecified atom stereocenters. The highest BCUT2D eigenvalue weighted by Crippen LogP contribution is 2.26. The Morgan fingerprint density at radius 2 is 2.05 bits per heavy atom. The number of pyridine rings is 2. The maximum absolute atomic E-state index is 4.40. The Morgan fingerprint density at radius 3 is 2.89 bits per heavy atom. The van der Waals surface area contributed by atoms with Crippen LogP contribution in [0.15, 0.2) is 53.4 Å². The van der Waals surface area contributed by atoms with E-state index in [4.69, 9.17) is 0 Å². The first kappa shape index (κ1) is 12.1. The minimum absolute atomic E-state index is 0.861. The molecule has 3 aromatic rings. The van der Waals surface area contributed by atoms with E-state index in [9.17, 15) is 0 Å². The second-order valence-electron chi connectivity index (χ2n) is 4.35. The molecule has 1 N–H and O–H groups in total. The average Bonchev–Trinajstić information content (AvgIpc) is 2.42. The molecule has 0 atom stereocenters. The molecule has 2 aromatic heterocycles. The minimum Gasteiger partial charge on any atom is -0.339 e. The van der Waals surface area contributed by atoms with E-state index in [1.54, 1.807) is 12.4 Å². The van der Waals surface area contributed by atoms with Gasteiger partial charge in [-0.1, -0.05) is 12.1 Å². The van der Waals surface area contributed by atoms with Crippen molar-refractivity contribution in [3.8, 4) is 0 Å². The number of hydrogen-bond acceptors (Lipinski definition) is 3. The van der Waals surface area contributed by atoms with Crippen molar-refractivity contribution in [2.45, 2.75) is 6.92 Å². The molecule has 2 heterocycles. The van der Waals surface area contributed by atoms with Gasteiger partial charge in [-0.3, -0.25) is 4.98 Å². The quantitative estimate of drug-likeness (QED) is 0.759. The molecule has 0 aliphatic carbocycles. The molecule has 3 rings (SSSR count). The summed E-state index contributed by atoms with van der Waals surface area (Å²) >= 11 is 3.42. The third kappa shape index (κ3) is 2.44. The standard InChI is InChI=1S/C15H12BrN3/c1-10-7-12(16)8-18-15(10)19-14-4-2-3-11-5-6-17-9-13(11)14/h2-9H,1H3,(H,18,19). The van der Waals surface area contributed by atoms with Crippen LogP contribution in [0.3, 0.4) is 0 Å². The van der Waals surface area contributed by atoms with Crippen LogP contribution in [-0.4, -0.2) is 9.97 Å². The molecule has 0 spiro atoms. The van der Waals surface area contributed by atoms with Crippen molar-refractivity contribution < 1.29 is 0 Å². The van der Waals surface area contributed by atoms with Crippen LogP contribution in [0.25, 0.3) is 10.8 Å². The summed E-state index contributed by atoms with van der Waals surface area (Å²) in [6.45, 7) is 2.03. The Bertz CT molecular complexity index is 735. The molecule has 4 heteroatoms. The number of halogens is 1. The molecular formula is C15H12BrN3. The van der Waals surface area contributed by atoms with E-state index in [0.29, 0.717) is 0 Å². The fourth-order valence-electron chi connectivity index (χ4n) is 2.02. The van der Waals surface area contributed by atoms with Gasteiger partial charge in [0.05, 0.1) is 0 Å². The van der Waals surface area contributed by atoms with Gasteiger partial charge in [0.25, 0.3) is 0 Å². The summed E-state index contributed by atoms with van der Waals surface area (Å²) in [5.74, 6) is 0.861. The lowest BCUT2D eigenvalue weighted by atomic mass is 10.1. The molecule has 1 aromatic carbocycles. The number of rotatable bonds is 2. The maximum atomic E-state index is 4.40. The van der Waals surface area contributed by atoms with Crippen molar-refractivity contribution in [3.63, 3.8) is 0 Å². The van der Waals surface area contributed by atoms with Crippen LogP contribution in [0.4, 0.5) is 11.5 Å². The Labute approximate surface area is 119 Å². The first-order valence-corrected chi connectivity index (χ1v) is 6.75. The normalized spacial score (nSPS) is 10.6. The summed E-state index contributed by atoms with van der Waals surface area (Å²) in [4.78, 5) is 8.59. The van der Waals surface area contributed by atoms with Gasteiger partial charge >= 0.3 is 0 Å². The van der Waals surface area contributed by atoms with E-state index in [-0.39, 0.29) is 0 Å². The van der Waals surface area contributed by atoms with Crippen LogP contribution >= 0.6 is 15.9 Å². The van der Waals surface area contributed by atoms with Crippen molar-refractivity contribution in [1.82, 2.24) is 9.97 Å². The van der Waals surface area contributed by atoms with Crippen LogP contribution in [-0.2, 0) is 0 Å². The Kier molecular flexibility index (Phi) is 3.17. The summed E-state index contributed by atoms with van der Waals surface area (Å²) in [6, 6.07) is 10.2. The molecule has 0 saturated carbocycles. The largest absolute Gasteiger partial charge is 0.339 e. The highest BCUT2D eigenvalue weighted by atomic mass is 79.9. The Hall–Kier alpha value is -1.94. The van der Waals surface area contributed by atoms with Gasteiger partial charge in [-0.15, -0.1) is 0 Å². The highest BCUT2D eigenvalue weighted by molar-refractivity contribution is 9.10. The van der Waals surface area contributed by atoms with Gasteiger partial charge in [-0.05, 0) is 52.0 Å². The van der Waals surface area contributed by atoms with E-state index >= 15 is 0 Å². The second-order valence-corrected chi connectivity index (χ2v) is 5.26. The molecule has 0 fully saturated rings. The second kappa shape index (κ2) is 4.97. The van der Waals surface area contributed by atoms with Crippen molar-refractivity contribution in [2.24, 2.45) is 0 Å². The number of anilines is 2. The van der Waals surface area contributed by atoms with E-state index in [0.717, 1.165) is 32.3 Å². The molecule has 94 valence electrons. The monoisotopic (exact) mass is 313 g/mol. The number of nitrogens with zero attached hydrogens (tertiary/aromatic N) is 2. The van der Waals surface area contributed by atoms with Gasteiger partial charge in [-0.2, -0.15) is 0 Å². The van der Waals surface area contributed by atoms with E-state index < -0.39 is 0 Å². The minimum atomic E-state index is 0.861.